The molecule has 2 amide bonds. The minimum atomic E-state index is -3.68. The van der Waals surface area contributed by atoms with Gasteiger partial charge in [-0.05, 0) is 42.3 Å². The summed E-state index contributed by atoms with van der Waals surface area (Å²) >= 11 is 0. The van der Waals surface area contributed by atoms with Crippen LogP contribution in [0.4, 0.5) is 15.8 Å². The van der Waals surface area contributed by atoms with Crippen LogP contribution in [0.1, 0.15) is 23.5 Å². The zero-order chi connectivity index (χ0) is 20.6. The number of nitrogens with zero attached hydrogens (tertiary/aromatic N) is 1. The van der Waals surface area contributed by atoms with E-state index in [0.717, 1.165) is 4.31 Å². The van der Waals surface area contributed by atoms with Crippen LogP contribution in [0.3, 0.4) is 0 Å². The first-order chi connectivity index (χ1) is 13.1. The molecule has 0 unspecified atom stereocenters. The highest BCUT2D eigenvalue weighted by molar-refractivity contribution is 7.89. The van der Waals surface area contributed by atoms with Crippen LogP contribution in [-0.4, -0.2) is 38.6 Å². The van der Waals surface area contributed by atoms with Gasteiger partial charge in [-0.1, -0.05) is 12.1 Å². The van der Waals surface area contributed by atoms with Crippen molar-refractivity contribution >= 4 is 33.2 Å². The van der Waals surface area contributed by atoms with Crippen LogP contribution in [0, 0.1) is 12.7 Å². The molecular weight excluding hydrogens is 385 g/mol. The van der Waals surface area contributed by atoms with Crippen molar-refractivity contribution < 1.29 is 22.4 Å². The quantitative estimate of drug-likeness (QED) is 0.817. The lowest BCUT2D eigenvalue weighted by Gasteiger charge is -2.25. The van der Waals surface area contributed by atoms with Gasteiger partial charge in [0.1, 0.15) is 5.82 Å². The van der Waals surface area contributed by atoms with Gasteiger partial charge in [-0.3, -0.25) is 9.59 Å². The summed E-state index contributed by atoms with van der Waals surface area (Å²) < 4.78 is 39.4. The molecule has 2 aromatic rings. The van der Waals surface area contributed by atoms with E-state index in [2.05, 4.69) is 10.6 Å². The van der Waals surface area contributed by atoms with Crippen LogP contribution in [0.15, 0.2) is 41.3 Å². The summed E-state index contributed by atoms with van der Waals surface area (Å²) in [6, 6.07) is 8.44. The third-order valence-corrected chi connectivity index (χ3v) is 6.54. The van der Waals surface area contributed by atoms with Crippen LogP contribution in [0.2, 0.25) is 0 Å². The van der Waals surface area contributed by atoms with Crippen molar-refractivity contribution in [3.8, 4) is 0 Å². The number of amides is 2. The summed E-state index contributed by atoms with van der Waals surface area (Å²) in [4.78, 5) is 24.8. The SMILES string of the molecule is Cc1ccc(NC(=O)[C@H]2CC(=O)Nc3cc(F)ccc32)cc1S(=O)(=O)N(C)C. The summed E-state index contributed by atoms with van der Waals surface area (Å²) in [6.45, 7) is 1.66. The van der Waals surface area contributed by atoms with Crippen LogP contribution in [0.25, 0.3) is 0 Å². The number of anilines is 2. The lowest BCUT2D eigenvalue weighted by Crippen LogP contribution is -2.31. The number of halogens is 1. The molecule has 1 aliphatic heterocycles. The Morgan fingerprint density at radius 1 is 1.21 bits per heavy atom. The van der Waals surface area contributed by atoms with Gasteiger partial charge in [0.25, 0.3) is 0 Å². The van der Waals surface area contributed by atoms with Gasteiger partial charge in [-0.25, -0.2) is 17.1 Å². The highest BCUT2D eigenvalue weighted by Gasteiger charge is 2.31. The maximum atomic E-state index is 13.4. The maximum absolute atomic E-state index is 13.4. The number of carbonyl (C=O) groups is 2. The molecule has 0 spiro atoms. The summed E-state index contributed by atoms with van der Waals surface area (Å²) in [5.41, 5.74) is 1.61. The van der Waals surface area contributed by atoms with Gasteiger partial charge in [0.15, 0.2) is 0 Å². The molecule has 0 saturated heterocycles. The standard InChI is InChI=1S/C19H20FN3O4S/c1-11-4-6-13(9-17(11)28(26,27)23(2)3)21-19(25)15-10-18(24)22-16-8-12(20)5-7-14(15)16/h4-9,15H,10H2,1-3H3,(H,21,25)(H,22,24)/t15-/m0/s1. The van der Waals surface area contributed by atoms with Crippen molar-refractivity contribution in [3.05, 3.63) is 53.3 Å². The first-order valence-corrected chi connectivity index (χ1v) is 9.97. The number of nitrogens with one attached hydrogen (secondary N) is 2. The summed E-state index contributed by atoms with van der Waals surface area (Å²) in [7, 11) is -0.822. The Morgan fingerprint density at radius 2 is 1.93 bits per heavy atom. The number of hydrogen-bond donors (Lipinski definition) is 2. The lowest BCUT2D eigenvalue weighted by molar-refractivity contribution is -0.123. The first kappa shape index (κ1) is 20.0. The molecule has 0 radical (unpaired) electrons. The van der Waals surface area contributed by atoms with Gasteiger partial charge < -0.3 is 10.6 Å². The molecule has 148 valence electrons. The van der Waals surface area contributed by atoms with E-state index in [1.807, 2.05) is 0 Å². The number of aryl methyl sites for hydroxylation is 1. The largest absolute Gasteiger partial charge is 0.326 e. The zero-order valence-corrected chi connectivity index (χ0v) is 16.4. The summed E-state index contributed by atoms with van der Waals surface area (Å²) in [5, 5.41) is 5.23. The molecule has 0 fully saturated rings. The van der Waals surface area contributed by atoms with Crippen LogP contribution < -0.4 is 10.6 Å². The Kier molecular flexibility index (Phi) is 5.22. The van der Waals surface area contributed by atoms with E-state index < -0.39 is 33.6 Å². The maximum Gasteiger partial charge on any atom is 0.242 e. The Morgan fingerprint density at radius 3 is 2.61 bits per heavy atom. The monoisotopic (exact) mass is 405 g/mol. The average molecular weight is 405 g/mol. The molecule has 0 aromatic heterocycles. The summed E-state index contributed by atoms with van der Waals surface area (Å²) in [6.07, 6.45) is -0.0841. The highest BCUT2D eigenvalue weighted by atomic mass is 32.2. The minimum Gasteiger partial charge on any atom is -0.326 e. The van der Waals surface area contributed by atoms with Crippen LogP contribution >= 0.6 is 0 Å². The minimum absolute atomic E-state index is 0.0826. The number of carbonyl (C=O) groups excluding carboxylic acids is 2. The third-order valence-electron chi connectivity index (χ3n) is 4.59. The fourth-order valence-corrected chi connectivity index (χ4v) is 4.20. The number of benzene rings is 2. The normalized spacial score (nSPS) is 16.5. The molecule has 28 heavy (non-hydrogen) atoms. The smallest absolute Gasteiger partial charge is 0.242 e. The van der Waals surface area contributed by atoms with Gasteiger partial charge in [-0.15, -0.1) is 0 Å². The molecular formula is C19H20FN3O4S. The Bertz CT molecular complexity index is 1070. The second-order valence-corrected chi connectivity index (χ2v) is 8.91. The topological polar surface area (TPSA) is 95.6 Å². The van der Waals surface area contributed by atoms with E-state index in [-0.39, 0.29) is 17.0 Å². The van der Waals surface area contributed by atoms with Gasteiger partial charge >= 0.3 is 0 Å². The van der Waals surface area contributed by atoms with E-state index in [1.165, 1.54) is 38.4 Å². The number of rotatable bonds is 4. The van der Waals surface area contributed by atoms with Crippen molar-refractivity contribution in [2.75, 3.05) is 24.7 Å². The van der Waals surface area contributed by atoms with Crippen molar-refractivity contribution in [2.24, 2.45) is 0 Å². The molecule has 0 bridgehead atoms. The number of fused-ring (bicyclic) bond motifs is 1. The van der Waals surface area contributed by atoms with E-state index in [4.69, 9.17) is 0 Å². The molecule has 1 atom stereocenters. The van der Waals surface area contributed by atoms with Gasteiger partial charge in [0, 0.05) is 31.9 Å². The average Bonchev–Trinajstić information content (AvgIpc) is 2.61. The predicted octanol–water partition coefficient (Wildman–Crippen LogP) is 2.45. The molecule has 9 heteroatoms. The fourth-order valence-electron chi connectivity index (χ4n) is 3.05. The molecule has 2 N–H and O–H groups in total. The third kappa shape index (κ3) is 3.76. The predicted molar refractivity (Wildman–Crippen MR) is 103 cm³/mol. The fraction of sp³-hybridized carbons (Fsp3) is 0.263. The molecule has 0 saturated carbocycles. The molecule has 1 heterocycles. The van der Waals surface area contributed by atoms with Crippen molar-refractivity contribution in [1.82, 2.24) is 4.31 Å². The summed E-state index contributed by atoms with van der Waals surface area (Å²) in [5.74, 6) is -2.19. The molecule has 7 nitrogen and oxygen atoms in total. The van der Waals surface area contributed by atoms with E-state index in [0.29, 0.717) is 16.8 Å². The molecule has 0 aliphatic carbocycles. The van der Waals surface area contributed by atoms with Crippen LogP contribution in [-0.2, 0) is 19.6 Å². The van der Waals surface area contributed by atoms with Crippen molar-refractivity contribution in [2.45, 2.75) is 24.2 Å². The second-order valence-electron chi connectivity index (χ2n) is 6.79. The highest BCUT2D eigenvalue weighted by Crippen LogP contribution is 2.34. The van der Waals surface area contributed by atoms with E-state index in [1.54, 1.807) is 19.1 Å². The number of sulfonamides is 1. The van der Waals surface area contributed by atoms with Crippen molar-refractivity contribution in [1.29, 1.82) is 0 Å². The Balaban J connectivity index is 1.92. The van der Waals surface area contributed by atoms with Gasteiger partial charge in [0.05, 0.1) is 10.8 Å². The number of hydrogen-bond acceptors (Lipinski definition) is 4. The van der Waals surface area contributed by atoms with E-state index >= 15 is 0 Å². The van der Waals surface area contributed by atoms with Crippen molar-refractivity contribution in [3.63, 3.8) is 0 Å². The first-order valence-electron chi connectivity index (χ1n) is 8.53. The van der Waals surface area contributed by atoms with Crippen LogP contribution in [0.5, 0.6) is 0 Å². The molecule has 1 aliphatic rings. The molecule has 2 aromatic carbocycles. The molecule has 3 rings (SSSR count). The Hall–Kier alpha value is -2.78. The lowest BCUT2D eigenvalue weighted by atomic mass is 9.89. The Labute approximate surface area is 162 Å². The van der Waals surface area contributed by atoms with Gasteiger partial charge in [0.2, 0.25) is 21.8 Å². The second kappa shape index (κ2) is 7.33. The zero-order valence-electron chi connectivity index (χ0n) is 15.6. The van der Waals surface area contributed by atoms with Gasteiger partial charge in [-0.2, -0.15) is 0 Å². The van der Waals surface area contributed by atoms with E-state index in [9.17, 15) is 22.4 Å².